The van der Waals surface area contributed by atoms with Crippen LogP contribution in [0.3, 0.4) is 0 Å². The average molecular weight is 390 g/mol. The first kappa shape index (κ1) is 18.9. The molecule has 1 aliphatic heterocycles. The van der Waals surface area contributed by atoms with Crippen molar-refractivity contribution in [3.05, 3.63) is 84.4 Å². The number of benzene rings is 2. The maximum Gasteiger partial charge on any atom is 0.272 e. The molecule has 1 fully saturated rings. The Morgan fingerprint density at radius 2 is 1.59 bits per heavy atom. The Hall–Kier alpha value is -3.41. The molecule has 0 N–H and O–H groups in total. The number of halogens is 1. The molecule has 0 atom stereocenters. The summed E-state index contributed by atoms with van der Waals surface area (Å²) in [7, 11) is 1.97. The lowest BCUT2D eigenvalue weighted by Crippen LogP contribution is -2.49. The van der Waals surface area contributed by atoms with Gasteiger partial charge in [0.1, 0.15) is 11.5 Å². The van der Waals surface area contributed by atoms with Crippen molar-refractivity contribution in [2.24, 2.45) is 0 Å². The lowest BCUT2D eigenvalue weighted by atomic mass is 10.2. The van der Waals surface area contributed by atoms with Gasteiger partial charge in [-0.25, -0.2) is 9.37 Å². The van der Waals surface area contributed by atoms with E-state index in [1.807, 2.05) is 59.3 Å². The first-order valence-electron chi connectivity index (χ1n) is 9.67. The smallest absolute Gasteiger partial charge is 0.272 e. The number of hydrogen-bond acceptors (Lipinski definition) is 4. The fourth-order valence-corrected chi connectivity index (χ4v) is 3.53. The summed E-state index contributed by atoms with van der Waals surface area (Å²) in [5.41, 5.74) is 2.98. The molecule has 3 aromatic rings. The summed E-state index contributed by atoms with van der Waals surface area (Å²) >= 11 is 0. The zero-order chi connectivity index (χ0) is 20.2. The lowest BCUT2D eigenvalue weighted by Gasteiger charge is -2.36. The van der Waals surface area contributed by atoms with E-state index in [1.54, 1.807) is 29.3 Å². The molecule has 0 bridgehead atoms. The SMILES string of the molecule is CN(c1ccccc1)c1ccc(C(=O)N2CCN(c3ccccc3F)CC2)nc1. The zero-order valence-corrected chi connectivity index (χ0v) is 16.3. The van der Waals surface area contributed by atoms with Crippen LogP contribution in [0.15, 0.2) is 72.9 Å². The van der Waals surface area contributed by atoms with Gasteiger partial charge in [-0.3, -0.25) is 4.79 Å². The van der Waals surface area contributed by atoms with E-state index in [9.17, 15) is 9.18 Å². The number of aromatic nitrogens is 1. The van der Waals surface area contributed by atoms with Crippen LogP contribution < -0.4 is 9.80 Å². The van der Waals surface area contributed by atoms with Gasteiger partial charge in [0, 0.05) is 38.9 Å². The minimum absolute atomic E-state index is 0.0907. The topological polar surface area (TPSA) is 39.7 Å². The maximum atomic E-state index is 14.0. The molecule has 5 nitrogen and oxygen atoms in total. The molecule has 6 heteroatoms. The van der Waals surface area contributed by atoms with Crippen LogP contribution in [-0.2, 0) is 0 Å². The minimum atomic E-state index is -0.230. The Kier molecular flexibility index (Phi) is 5.42. The number of hydrogen-bond donors (Lipinski definition) is 0. The highest BCUT2D eigenvalue weighted by Crippen LogP contribution is 2.23. The molecule has 2 aromatic carbocycles. The Bertz CT molecular complexity index is 970. The molecule has 0 unspecified atom stereocenters. The van der Waals surface area contributed by atoms with E-state index in [0.717, 1.165) is 11.4 Å². The molecular weight excluding hydrogens is 367 g/mol. The molecule has 2 heterocycles. The Balaban J connectivity index is 1.40. The van der Waals surface area contributed by atoms with E-state index >= 15 is 0 Å². The summed E-state index contributed by atoms with van der Waals surface area (Å²) < 4.78 is 14.0. The van der Waals surface area contributed by atoms with Crippen molar-refractivity contribution < 1.29 is 9.18 Å². The molecule has 0 saturated carbocycles. The molecule has 1 saturated heterocycles. The molecular formula is C23H23FN4O. The predicted octanol–water partition coefficient (Wildman–Crippen LogP) is 3.95. The van der Waals surface area contributed by atoms with Gasteiger partial charge >= 0.3 is 0 Å². The quantitative estimate of drug-likeness (QED) is 0.676. The molecule has 0 radical (unpaired) electrons. The molecule has 1 aromatic heterocycles. The van der Waals surface area contributed by atoms with Crippen LogP contribution in [0.1, 0.15) is 10.5 Å². The third kappa shape index (κ3) is 4.06. The van der Waals surface area contributed by atoms with E-state index in [0.29, 0.717) is 37.6 Å². The van der Waals surface area contributed by atoms with E-state index in [4.69, 9.17) is 0 Å². The van der Waals surface area contributed by atoms with Gasteiger partial charge in [0.15, 0.2) is 0 Å². The van der Waals surface area contributed by atoms with E-state index in [2.05, 4.69) is 4.98 Å². The highest BCUT2D eigenvalue weighted by Gasteiger charge is 2.24. The number of para-hydroxylation sites is 2. The number of piperazine rings is 1. The predicted molar refractivity (Wildman–Crippen MR) is 113 cm³/mol. The number of rotatable bonds is 4. The highest BCUT2D eigenvalue weighted by atomic mass is 19.1. The van der Waals surface area contributed by atoms with Crippen LogP contribution in [0.4, 0.5) is 21.5 Å². The van der Waals surface area contributed by atoms with Crippen LogP contribution >= 0.6 is 0 Å². The molecule has 29 heavy (non-hydrogen) atoms. The Labute approximate surface area is 170 Å². The standard InChI is InChI=1S/C23H23FN4O/c1-26(18-7-3-2-4-8-18)19-11-12-21(25-17-19)23(29)28-15-13-27(14-16-28)22-10-6-5-9-20(22)24/h2-12,17H,13-16H2,1H3. The number of carbonyl (C=O) groups excluding carboxylic acids is 1. The first-order chi connectivity index (χ1) is 14.1. The molecule has 0 aliphatic carbocycles. The molecule has 0 spiro atoms. The van der Waals surface area contributed by atoms with Gasteiger partial charge in [-0.2, -0.15) is 0 Å². The molecule has 1 aliphatic rings. The second-order valence-corrected chi connectivity index (χ2v) is 7.03. The first-order valence-corrected chi connectivity index (χ1v) is 9.67. The highest BCUT2D eigenvalue weighted by molar-refractivity contribution is 5.92. The van der Waals surface area contributed by atoms with Crippen molar-refractivity contribution in [1.82, 2.24) is 9.88 Å². The van der Waals surface area contributed by atoms with Crippen molar-refractivity contribution >= 4 is 23.0 Å². The average Bonchev–Trinajstić information content (AvgIpc) is 2.79. The van der Waals surface area contributed by atoms with Gasteiger partial charge in [-0.15, -0.1) is 0 Å². The summed E-state index contributed by atoms with van der Waals surface area (Å²) in [6.45, 7) is 2.28. The fourth-order valence-electron chi connectivity index (χ4n) is 3.53. The molecule has 4 rings (SSSR count). The fraction of sp³-hybridized carbons (Fsp3) is 0.217. The summed E-state index contributed by atoms with van der Waals surface area (Å²) in [6, 6.07) is 20.4. The number of nitrogens with zero attached hydrogens (tertiary/aromatic N) is 4. The van der Waals surface area contributed by atoms with Crippen LogP contribution in [0.5, 0.6) is 0 Å². The number of amides is 1. The Morgan fingerprint density at radius 1 is 0.897 bits per heavy atom. The molecule has 1 amide bonds. The third-order valence-corrected chi connectivity index (χ3v) is 5.26. The van der Waals surface area contributed by atoms with Gasteiger partial charge in [-0.1, -0.05) is 30.3 Å². The minimum Gasteiger partial charge on any atom is -0.366 e. The van der Waals surface area contributed by atoms with Crippen molar-refractivity contribution in [3.63, 3.8) is 0 Å². The van der Waals surface area contributed by atoms with Crippen molar-refractivity contribution in [1.29, 1.82) is 0 Å². The maximum absolute atomic E-state index is 14.0. The zero-order valence-electron chi connectivity index (χ0n) is 16.3. The summed E-state index contributed by atoms with van der Waals surface area (Å²) in [5.74, 6) is -0.320. The third-order valence-electron chi connectivity index (χ3n) is 5.26. The van der Waals surface area contributed by atoms with Crippen LogP contribution in [0.25, 0.3) is 0 Å². The summed E-state index contributed by atoms with van der Waals surface area (Å²) in [4.78, 5) is 23.0. The van der Waals surface area contributed by atoms with Crippen molar-refractivity contribution in [2.45, 2.75) is 0 Å². The van der Waals surface area contributed by atoms with E-state index < -0.39 is 0 Å². The van der Waals surface area contributed by atoms with Gasteiger partial charge in [0.25, 0.3) is 5.91 Å². The second-order valence-electron chi connectivity index (χ2n) is 7.03. The van der Waals surface area contributed by atoms with Gasteiger partial charge in [0.2, 0.25) is 0 Å². The molecule has 148 valence electrons. The van der Waals surface area contributed by atoms with E-state index in [1.165, 1.54) is 6.07 Å². The monoisotopic (exact) mass is 390 g/mol. The number of pyridine rings is 1. The van der Waals surface area contributed by atoms with Gasteiger partial charge < -0.3 is 14.7 Å². The van der Waals surface area contributed by atoms with Crippen molar-refractivity contribution in [3.8, 4) is 0 Å². The lowest BCUT2D eigenvalue weighted by molar-refractivity contribution is 0.0741. The largest absolute Gasteiger partial charge is 0.366 e. The van der Waals surface area contributed by atoms with Gasteiger partial charge in [0.05, 0.1) is 17.6 Å². The van der Waals surface area contributed by atoms with Crippen LogP contribution in [0.2, 0.25) is 0 Å². The van der Waals surface area contributed by atoms with Crippen LogP contribution in [0, 0.1) is 5.82 Å². The second kappa shape index (κ2) is 8.31. The normalized spacial score (nSPS) is 14.0. The van der Waals surface area contributed by atoms with Crippen LogP contribution in [-0.4, -0.2) is 49.0 Å². The summed E-state index contributed by atoms with van der Waals surface area (Å²) in [6.07, 6.45) is 1.72. The van der Waals surface area contributed by atoms with Gasteiger partial charge in [-0.05, 0) is 36.4 Å². The summed E-state index contributed by atoms with van der Waals surface area (Å²) in [5, 5.41) is 0. The Morgan fingerprint density at radius 3 is 2.24 bits per heavy atom. The van der Waals surface area contributed by atoms with E-state index in [-0.39, 0.29) is 11.7 Å². The van der Waals surface area contributed by atoms with Crippen molar-refractivity contribution in [2.75, 3.05) is 43.0 Å². The number of carbonyl (C=O) groups is 1. The number of anilines is 3.